The van der Waals surface area contributed by atoms with Gasteiger partial charge in [0, 0.05) is 5.54 Å². The third-order valence-electron chi connectivity index (χ3n) is 3.28. The van der Waals surface area contributed by atoms with E-state index in [4.69, 9.17) is 5.73 Å². The monoisotopic (exact) mass is 189 g/mol. The molecule has 1 aromatic rings. The minimum absolute atomic E-state index is 0.192. The van der Waals surface area contributed by atoms with Crippen molar-refractivity contribution in [3.05, 3.63) is 34.9 Å². The first kappa shape index (κ1) is 9.72. The Morgan fingerprint density at radius 2 is 2.00 bits per heavy atom. The van der Waals surface area contributed by atoms with E-state index in [0.29, 0.717) is 0 Å². The van der Waals surface area contributed by atoms with E-state index in [1.54, 1.807) is 0 Å². The highest BCUT2D eigenvalue weighted by Crippen LogP contribution is 2.36. The molecule has 0 unspecified atom stereocenters. The molecule has 1 heteroatoms. The standard InChI is InChI=1S/C13H19N/c1-10-3-4-12(11(2)9-10)5-6-13(14)7-8-13/h3-4,9H,5-8,14H2,1-2H3. The Balaban J connectivity index is 2.02. The van der Waals surface area contributed by atoms with E-state index >= 15 is 0 Å². The van der Waals surface area contributed by atoms with Gasteiger partial charge in [-0.25, -0.2) is 0 Å². The first-order valence-corrected chi connectivity index (χ1v) is 5.44. The quantitative estimate of drug-likeness (QED) is 0.777. The van der Waals surface area contributed by atoms with Gasteiger partial charge in [-0.15, -0.1) is 0 Å². The van der Waals surface area contributed by atoms with Crippen molar-refractivity contribution in [3.63, 3.8) is 0 Å². The van der Waals surface area contributed by atoms with E-state index in [2.05, 4.69) is 32.0 Å². The summed E-state index contributed by atoms with van der Waals surface area (Å²) in [7, 11) is 0. The highest BCUT2D eigenvalue weighted by atomic mass is 14.8. The molecule has 0 amide bonds. The maximum absolute atomic E-state index is 6.07. The summed E-state index contributed by atoms with van der Waals surface area (Å²) in [5.74, 6) is 0. The van der Waals surface area contributed by atoms with Crippen LogP contribution in [0.25, 0.3) is 0 Å². The molecule has 0 bridgehead atoms. The zero-order valence-electron chi connectivity index (χ0n) is 9.14. The van der Waals surface area contributed by atoms with Gasteiger partial charge in [-0.1, -0.05) is 23.8 Å². The number of hydrogen-bond acceptors (Lipinski definition) is 1. The molecular formula is C13H19N. The van der Waals surface area contributed by atoms with Gasteiger partial charge < -0.3 is 5.73 Å². The molecule has 0 atom stereocenters. The van der Waals surface area contributed by atoms with Gasteiger partial charge in [-0.05, 0) is 50.7 Å². The van der Waals surface area contributed by atoms with Crippen molar-refractivity contribution in [1.29, 1.82) is 0 Å². The number of benzene rings is 1. The molecule has 14 heavy (non-hydrogen) atoms. The predicted molar refractivity (Wildman–Crippen MR) is 60.4 cm³/mol. The van der Waals surface area contributed by atoms with Crippen molar-refractivity contribution in [1.82, 2.24) is 0 Å². The fourth-order valence-corrected chi connectivity index (χ4v) is 1.92. The van der Waals surface area contributed by atoms with Gasteiger partial charge in [0.25, 0.3) is 0 Å². The number of hydrogen-bond donors (Lipinski definition) is 1. The third-order valence-corrected chi connectivity index (χ3v) is 3.28. The van der Waals surface area contributed by atoms with Crippen LogP contribution in [0.2, 0.25) is 0 Å². The maximum atomic E-state index is 6.07. The lowest BCUT2D eigenvalue weighted by molar-refractivity contribution is 0.608. The molecule has 1 nitrogen and oxygen atoms in total. The van der Waals surface area contributed by atoms with Crippen LogP contribution >= 0.6 is 0 Å². The highest BCUT2D eigenvalue weighted by molar-refractivity contribution is 5.30. The Kier molecular flexibility index (Phi) is 2.36. The second-order valence-electron chi connectivity index (χ2n) is 4.79. The van der Waals surface area contributed by atoms with Gasteiger partial charge in [0.2, 0.25) is 0 Å². The molecule has 2 rings (SSSR count). The van der Waals surface area contributed by atoms with E-state index in [-0.39, 0.29) is 5.54 Å². The van der Waals surface area contributed by atoms with Crippen LogP contribution in [0.1, 0.15) is 36.0 Å². The Bertz CT molecular complexity index is 337. The minimum Gasteiger partial charge on any atom is -0.325 e. The molecule has 0 spiro atoms. The van der Waals surface area contributed by atoms with Crippen molar-refractivity contribution in [2.24, 2.45) is 5.73 Å². The smallest absolute Gasteiger partial charge is 0.0158 e. The van der Waals surface area contributed by atoms with Gasteiger partial charge in [0.1, 0.15) is 0 Å². The first-order valence-electron chi connectivity index (χ1n) is 5.44. The lowest BCUT2D eigenvalue weighted by Crippen LogP contribution is -2.22. The van der Waals surface area contributed by atoms with Gasteiger partial charge in [-0.2, -0.15) is 0 Å². The van der Waals surface area contributed by atoms with Crippen molar-refractivity contribution >= 4 is 0 Å². The summed E-state index contributed by atoms with van der Waals surface area (Å²) in [5.41, 5.74) is 10.5. The number of nitrogens with two attached hydrogens (primary N) is 1. The summed E-state index contributed by atoms with van der Waals surface area (Å²) in [6.07, 6.45) is 4.73. The molecule has 1 fully saturated rings. The molecule has 0 saturated heterocycles. The van der Waals surface area contributed by atoms with Crippen LogP contribution in [0.15, 0.2) is 18.2 Å². The fourth-order valence-electron chi connectivity index (χ4n) is 1.92. The summed E-state index contributed by atoms with van der Waals surface area (Å²) >= 11 is 0. The molecule has 1 aliphatic rings. The Morgan fingerprint density at radius 1 is 1.29 bits per heavy atom. The normalized spacial score (nSPS) is 18.2. The molecular weight excluding hydrogens is 170 g/mol. The van der Waals surface area contributed by atoms with Gasteiger partial charge >= 0.3 is 0 Å². The summed E-state index contributed by atoms with van der Waals surface area (Å²) < 4.78 is 0. The summed E-state index contributed by atoms with van der Waals surface area (Å²) in [6.45, 7) is 4.33. The fraction of sp³-hybridized carbons (Fsp3) is 0.538. The molecule has 1 aromatic carbocycles. The van der Waals surface area contributed by atoms with Crippen molar-refractivity contribution in [2.45, 2.75) is 45.1 Å². The lowest BCUT2D eigenvalue weighted by atomic mass is 9.99. The average Bonchev–Trinajstić information content (AvgIpc) is 2.83. The molecule has 0 radical (unpaired) electrons. The zero-order valence-corrected chi connectivity index (χ0v) is 9.14. The maximum Gasteiger partial charge on any atom is 0.0158 e. The zero-order chi connectivity index (χ0) is 10.2. The minimum atomic E-state index is 0.192. The third kappa shape index (κ3) is 2.16. The van der Waals surface area contributed by atoms with E-state index in [1.807, 2.05) is 0 Å². The van der Waals surface area contributed by atoms with Crippen LogP contribution in [0, 0.1) is 13.8 Å². The first-order chi connectivity index (χ1) is 6.59. The molecule has 1 aliphatic carbocycles. The molecule has 0 heterocycles. The van der Waals surface area contributed by atoms with Crippen LogP contribution in [-0.4, -0.2) is 5.54 Å². The van der Waals surface area contributed by atoms with E-state index < -0.39 is 0 Å². The topological polar surface area (TPSA) is 26.0 Å². The number of rotatable bonds is 3. The van der Waals surface area contributed by atoms with E-state index in [9.17, 15) is 0 Å². The molecule has 0 aromatic heterocycles. The van der Waals surface area contributed by atoms with Crippen molar-refractivity contribution in [3.8, 4) is 0 Å². The van der Waals surface area contributed by atoms with E-state index in [0.717, 1.165) is 12.8 Å². The van der Waals surface area contributed by atoms with Crippen LogP contribution in [0.3, 0.4) is 0 Å². The Hall–Kier alpha value is -0.820. The Labute approximate surface area is 86.3 Å². The van der Waals surface area contributed by atoms with E-state index in [1.165, 1.54) is 29.5 Å². The second-order valence-corrected chi connectivity index (χ2v) is 4.79. The van der Waals surface area contributed by atoms with Gasteiger partial charge in [0.15, 0.2) is 0 Å². The SMILES string of the molecule is Cc1ccc(CCC2(N)CC2)c(C)c1. The summed E-state index contributed by atoms with van der Waals surface area (Å²) in [4.78, 5) is 0. The van der Waals surface area contributed by atoms with Crippen LogP contribution in [0.4, 0.5) is 0 Å². The summed E-state index contributed by atoms with van der Waals surface area (Å²) in [6, 6.07) is 6.69. The molecule has 76 valence electrons. The van der Waals surface area contributed by atoms with Gasteiger partial charge in [-0.3, -0.25) is 0 Å². The van der Waals surface area contributed by atoms with Crippen LogP contribution in [0.5, 0.6) is 0 Å². The Morgan fingerprint density at radius 3 is 2.57 bits per heavy atom. The van der Waals surface area contributed by atoms with Crippen LogP contribution < -0.4 is 5.73 Å². The second kappa shape index (κ2) is 3.39. The lowest BCUT2D eigenvalue weighted by Gasteiger charge is -2.10. The van der Waals surface area contributed by atoms with Crippen molar-refractivity contribution in [2.75, 3.05) is 0 Å². The largest absolute Gasteiger partial charge is 0.325 e. The molecule has 1 saturated carbocycles. The molecule has 2 N–H and O–H groups in total. The average molecular weight is 189 g/mol. The molecule has 0 aliphatic heterocycles. The summed E-state index contributed by atoms with van der Waals surface area (Å²) in [5, 5.41) is 0. The predicted octanol–water partition coefficient (Wildman–Crippen LogP) is 2.73. The van der Waals surface area contributed by atoms with Gasteiger partial charge in [0.05, 0.1) is 0 Å². The van der Waals surface area contributed by atoms with Crippen molar-refractivity contribution < 1.29 is 0 Å². The van der Waals surface area contributed by atoms with Crippen LogP contribution in [-0.2, 0) is 6.42 Å². The highest BCUT2D eigenvalue weighted by Gasteiger charge is 2.37. The number of aryl methyl sites for hydroxylation is 3.